The summed E-state index contributed by atoms with van der Waals surface area (Å²) in [6.07, 6.45) is 5.00. The molecule has 2 fully saturated rings. The van der Waals surface area contributed by atoms with Gasteiger partial charge in [-0.25, -0.2) is 9.97 Å². The van der Waals surface area contributed by atoms with Gasteiger partial charge in [-0.15, -0.1) is 0 Å². The monoisotopic (exact) mass is 364 g/mol. The maximum absolute atomic E-state index is 13.0. The van der Waals surface area contributed by atoms with Crippen molar-refractivity contribution in [3.05, 3.63) is 54.0 Å². The molecule has 5 heteroatoms. The van der Waals surface area contributed by atoms with Crippen LogP contribution in [0.2, 0.25) is 0 Å². The SMILES string of the molecule is CCN1CC2(CCN(c3ccnc(C)n3)CC2)C[C@H](c2ccccc2)C1=O. The van der Waals surface area contributed by atoms with Crippen LogP contribution in [0.5, 0.6) is 0 Å². The van der Waals surface area contributed by atoms with E-state index in [0.29, 0.717) is 5.91 Å². The van der Waals surface area contributed by atoms with Crippen LogP contribution in [0.3, 0.4) is 0 Å². The molecule has 1 spiro atoms. The predicted octanol–water partition coefficient (Wildman–Crippen LogP) is 3.41. The molecule has 2 aliphatic heterocycles. The summed E-state index contributed by atoms with van der Waals surface area (Å²) in [4.78, 5) is 26.2. The molecule has 0 unspecified atom stereocenters. The fourth-order valence-electron chi connectivity index (χ4n) is 4.69. The molecular weight excluding hydrogens is 336 g/mol. The van der Waals surface area contributed by atoms with Gasteiger partial charge in [-0.1, -0.05) is 30.3 Å². The minimum absolute atomic E-state index is 0.00672. The lowest BCUT2D eigenvalue weighted by Gasteiger charge is -2.50. The lowest BCUT2D eigenvalue weighted by Crippen LogP contribution is -2.54. The van der Waals surface area contributed by atoms with Crippen molar-refractivity contribution in [2.75, 3.05) is 31.1 Å². The first-order valence-corrected chi connectivity index (χ1v) is 9.98. The molecule has 0 saturated carbocycles. The number of anilines is 1. The molecule has 1 amide bonds. The second-order valence-electron chi connectivity index (χ2n) is 7.97. The average Bonchev–Trinajstić information content (AvgIpc) is 2.71. The van der Waals surface area contributed by atoms with Gasteiger partial charge in [-0.05, 0) is 50.2 Å². The van der Waals surface area contributed by atoms with Gasteiger partial charge in [-0.3, -0.25) is 4.79 Å². The number of aryl methyl sites for hydroxylation is 1. The van der Waals surface area contributed by atoms with E-state index < -0.39 is 0 Å². The zero-order chi connectivity index (χ0) is 18.9. The van der Waals surface area contributed by atoms with Crippen molar-refractivity contribution in [3.8, 4) is 0 Å². The topological polar surface area (TPSA) is 49.3 Å². The Balaban J connectivity index is 1.53. The Kier molecular flexibility index (Phi) is 4.85. The van der Waals surface area contributed by atoms with Crippen molar-refractivity contribution in [1.82, 2.24) is 14.9 Å². The minimum atomic E-state index is -0.00672. The van der Waals surface area contributed by atoms with Gasteiger partial charge in [0.15, 0.2) is 0 Å². The summed E-state index contributed by atoms with van der Waals surface area (Å²) < 4.78 is 0. The fourth-order valence-corrected chi connectivity index (χ4v) is 4.69. The van der Waals surface area contributed by atoms with Crippen LogP contribution in [-0.4, -0.2) is 47.0 Å². The van der Waals surface area contributed by atoms with E-state index in [1.54, 1.807) is 0 Å². The van der Waals surface area contributed by atoms with E-state index in [4.69, 9.17) is 0 Å². The third-order valence-corrected chi connectivity index (χ3v) is 6.27. The first-order chi connectivity index (χ1) is 13.1. The summed E-state index contributed by atoms with van der Waals surface area (Å²) in [6, 6.07) is 12.3. The zero-order valence-electron chi connectivity index (χ0n) is 16.3. The molecule has 1 aromatic carbocycles. The van der Waals surface area contributed by atoms with E-state index in [1.807, 2.05) is 37.4 Å². The van der Waals surface area contributed by atoms with Crippen molar-refractivity contribution >= 4 is 11.7 Å². The molecule has 27 heavy (non-hydrogen) atoms. The van der Waals surface area contributed by atoms with Crippen LogP contribution in [0.4, 0.5) is 5.82 Å². The molecule has 1 atom stereocenters. The third-order valence-electron chi connectivity index (χ3n) is 6.27. The van der Waals surface area contributed by atoms with E-state index in [9.17, 15) is 4.79 Å². The normalized spacial score (nSPS) is 22.3. The van der Waals surface area contributed by atoms with Crippen LogP contribution in [0.1, 0.15) is 43.5 Å². The third kappa shape index (κ3) is 3.55. The van der Waals surface area contributed by atoms with E-state index in [1.165, 1.54) is 0 Å². The predicted molar refractivity (Wildman–Crippen MR) is 107 cm³/mol. The van der Waals surface area contributed by atoms with Gasteiger partial charge in [0.2, 0.25) is 5.91 Å². The highest BCUT2D eigenvalue weighted by atomic mass is 16.2. The number of hydrogen-bond acceptors (Lipinski definition) is 4. The summed E-state index contributed by atoms with van der Waals surface area (Å²) >= 11 is 0. The minimum Gasteiger partial charge on any atom is -0.356 e. The highest BCUT2D eigenvalue weighted by Gasteiger charge is 2.45. The van der Waals surface area contributed by atoms with Crippen LogP contribution < -0.4 is 4.90 Å². The lowest BCUT2D eigenvalue weighted by atomic mass is 9.67. The van der Waals surface area contributed by atoms with Crippen molar-refractivity contribution in [2.24, 2.45) is 5.41 Å². The number of nitrogens with zero attached hydrogens (tertiary/aromatic N) is 4. The van der Waals surface area contributed by atoms with Gasteiger partial charge in [0.1, 0.15) is 11.6 Å². The van der Waals surface area contributed by atoms with Crippen LogP contribution in [0, 0.1) is 12.3 Å². The van der Waals surface area contributed by atoms with E-state index >= 15 is 0 Å². The second kappa shape index (κ2) is 7.29. The number of benzene rings is 1. The Morgan fingerprint density at radius 3 is 2.56 bits per heavy atom. The summed E-state index contributed by atoms with van der Waals surface area (Å²) in [6.45, 7) is 7.69. The lowest BCUT2D eigenvalue weighted by molar-refractivity contribution is -0.140. The number of carbonyl (C=O) groups is 1. The maximum atomic E-state index is 13.0. The summed E-state index contributed by atoms with van der Waals surface area (Å²) in [5.74, 6) is 2.13. The number of carbonyl (C=O) groups excluding carboxylic acids is 1. The number of likely N-dealkylation sites (tertiary alicyclic amines) is 1. The van der Waals surface area contributed by atoms with E-state index in [0.717, 1.165) is 62.6 Å². The molecule has 2 aromatic rings. The smallest absolute Gasteiger partial charge is 0.230 e. The number of hydrogen-bond donors (Lipinski definition) is 0. The quantitative estimate of drug-likeness (QED) is 0.837. The van der Waals surface area contributed by atoms with Gasteiger partial charge < -0.3 is 9.80 Å². The number of rotatable bonds is 3. The van der Waals surface area contributed by atoms with E-state index in [2.05, 4.69) is 38.8 Å². The van der Waals surface area contributed by atoms with Gasteiger partial charge in [0, 0.05) is 32.4 Å². The van der Waals surface area contributed by atoms with Crippen molar-refractivity contribution < 1.29 is 4.79 Å². The standard InChI is InChI=1S/C22H28N4O/c1-3-25-16-22(15-19(21(25)27)18-7-5-4-6-8-18)10-13-26(14-11-22)20-9-12-23-17(2)24-20/h4-9,12,19H,3,10-11,13-16H2,1-2H3/t19-/m1/s1. The largest absolute Gasteiger partial charge is 0.356 e. The van der Waals surface area contributed by atoms with Crippen LogP contribution in [-0.2, 0) is 4.79 Å². The molecule has 5 nitrogen and oxygen atoms in total. The molecule has 142 valence electrons. The van der Waals surface area contributed by atoms with Crippen molar-refractivity contribution in [3.63, 3.8) is 0 Å². The zero-order valence-corrected chi connectivity index (χ0v) is 16.3. The average molecular weight is 364 g/mol. The summed E-state index contributed by atoms with van der Waals surface area (Å²) in [5, 5.41) is 0. The number of piperidine rings is 2. The van der Waals surface area contributed by atoms with Crippen molar-refractivity contribution in [1.29, 1.82) is 0 Å². The van der Waals surface area contributed by atoms with Crippen LogP contribution in [0.15, 0.2) is 42.6 Å². The number of likely N-dealkylation sites (N-methyl/N-ethyl adjacent to an activating group) is 1. The Hall–Kier alpha value is -2.43. The highest BCUT2D eigenvalue weighted by Crippen LogP contribution is 2.45. The summed E-state index contributed by atoms with van der Waals surface area (Å²) in [5.41, 5.74) is 1.37. The highest BCUT2D eigenvalue weighted by molar-refractivity contribution is 5.84. The molecule has 0 N–H and O–H groups in total. The van der Waals surface area contributed by atoms with E-state index in [-0.39, 0.29) is 11.3 Å². The Bertz CT molecular complexity index is 799. The van der Waals surface area contributed by atoms with Gasteiger partial charge in [-0.2, -0.15) is 0 Å². The Morgan fingerprint density at radius 1 is 1.15 bits per heavy atom. The summed E-state index contributed by atoms with van der Waals surface area (Å²) in [7, 11) is 0. The molecule has 3 heterocycles. The second-order valence-corrected chi connectivity index (χ2v) is 7.97. The Morgan fingerprint density at radius 2 is 1.89 bits per heavy atom. The first-order valence-electron chi connectivity index (χ1n) is 9.98. The van der Waals surface area contributed by atoms with Crippen molar-refractivity contribution in [2.45, 2.75) is 39.0 Å². The van der Waals surface area contributed by atoms with Gasteiger partial charge in [0.25, 0.3) is 0 Å². The Labute approximate surface area is 161 Å². The first kappa shape index (κ1) is 18.0. The van der Waals surface area contributed by atoms with Gasteiger partial charge in [0.05, 0.1) is 5.92 Å². The molecular formula is C22H28N4O. The van der Waals surface area contributed by atoms with Crippen LogP contribution in [0.25, 0.3) is 0 Å². The number of amides is 1. The molecule has 4 rings (SSSR count). The molecule has 1 aromatic heterocycles. The molecule has 2 aliphatic rings. The molecule has 2 saturated heterocycles. The molecule has 0 radical (unpaired) electrons. The molecule has 0 aliphatic carbocycles. The van der Waals surface area contributed by atoms with Gasteiger partial charge >= 0.3 is 0 Å². The van der Waals surface area contributed by atoms with Crippen LogP contribution >= 0.6 is 0 Å². The number of aromatic nitrogens is 2. The fraction of sp³-hybridized carbons (Fsp3) is 0.500. The molecule has 0 bridgehead atoms. The maximum Gasteiger partial charge on any atom is 0.230 e.